The summed E-state index contributed by atoms with van der Waals surface area (Å²) in [6.45, 7) is 2.09. The molecule has 24 heavy (non-hydrogen) atoms. The average molecular weight is 353 g/mol. The van der Waals surface area contributed by atoms with Crippen molar-refractivity contribution in [3.8, 4) is 11.5 Å². The minimum atomic E-state index is 0.793. The van der Waals surface area contributed by atoms with Crippen LogP contribution in [-0.2, 0) is 0 Å². The van der Waals surface area contributed by atoms with Gasteiger partial charge in [-0.2, -0.15) is 5.10 Å². The number of hydrogen-bond acceptors (Lipinski definition) is 5. The number of nitrogens with zero attached hydrogens (tertiary/aromatic N) is 3. The molecule has 4 rings (SSSR count). The zero-order valence-electron chi connectivity index (χ0n) is 13.3. The molecule has 0 aliphatic heterocycles. The number of hydrogen-bond donors (Lipinski definition) is 0. The number of rotatable bonds is 3. The molecule has 0 saturated heterocycles. The number of furan rings is 1. The fourth-order valence-electron chi connectivity index (χ4n) is 2.48. The summed E-state index contributed by atoms with van der Waals surface area (Å²) in [6, 6.07) is 14.2. The van der Waals surface area contributed by atoms with E-state index in [-0.39, 0.29) is 0 Å². The highest BCUT2D eigenvalue weighted by molar-refractivity contribution is 7.13. The average Bonchev–Trinajstić information content (AvgIpc) is 3.29. The van der Waals surface area contributed by atoms with E-state index in [1.165, 1.54) is 4.88 Å². The Kier molecular flexibility index (Phi) is 3.92. The van der Waals surface area contributed by atoms with Crippen LogP contribution in [0.5, 0.6) is 0 Å². The number of thiazole rings is 1. The van der Waals surface area contributed by atoms with Crippen molar-refractivity contribution in [2.75, 3.05) is 7.05 Å². The first-order valence-electron chi connectivity index (χ1n) is 7.48. The first-order valence-corrected chi connectivity index (χ1v) is 9.17. The second-order valence-corrected chi connectivity index (χ2v) is 7.44. The summed E-state index contributed by atoms with van der Waals surface area (Å²) in [5, 5.41) is 7.73. The highest BCUT2D eigenvalue weighted by Gasteiger charge is 2.12. The van der Waals surface area contributed by atoms with Gasteiger partial charge in [0.25, 0.3) is 0 Å². The van der Waals surface area contributed by atoms with Crippen LogP contribution in [-0.4, -0.2) is 17.9 Å². The van der Waals surface area contributed by atoms with Gasteiger partial charge in [0.1, 0.15) is 11.3 Å². The van der Waals surface area contributed by atoms with Crippen LogP contribution in [0.1, 0.15) is 9.75 Å². The Morgan fingerprint density at radius 3 is 2.79 bits per heavy atom. The Labute approximate surface area is 147 Å². The molecule has 0 amide bonds. The molecule has 0 atom stereocenters. The predicted octanol–water partition coefficient (Wildman–Crippen LogP) is 4.75. The van der Waals surface area contributed by atoms with Crippen LogP contribution < -0.4 is 4.80 Å². The van der Waals surface area contributed by atoms with Gasteiger partial charge >= 0.3 is 0 Å². The number of fused-ring (bicyclic) bond motifs is 1. The van der Waals surface area contributed by atoms with E-state index in [1.807, 2.05) is 46.6 Å². The fourth-order valence-corrected chi connectivity index (χ4v) is 4.01. The van der Waals surface area contributed by atoms with E-state index in [4.69, 9.17) is 4.42 Å². The van der Waals surface area contributed by atoms with Gasteiger partial charge in [0.05, 0.1) is 6.21 Å². The van der Waals surface area contributed by atoms with E-state index in [9.17, 15) is 0 Å². The lowest BCUT2D eigenvalue weighted by molar-refractivity contribution is 0.622. The summed E-state index contributed by atoms with van der Waals surface area (Å²) in [5.41, 5.74) is 1.78. The van der Waals surface area contributed by atoms with Crippen molar-refractivity contribution >= 4 is 39.9 Å². The van der Waals surface area contributed by atoms with E-state index in [0.29, 0.717) is 0 Å². The van der Waals surface area contributed by atoms with Crippen molar-refractivity contribution in [2.24, 2.45) is 10.1 Å². The molecule has 0 radical (unpaired) electrons. The van der Waals surface area contributed by atoms with E-state index >= 15 is 0 Å². The van der Waals surface area contributed by atoms with E-state index in [1.54, 1.807) is 29.7 Å². The lowest BCUT2D eigenvalue weighted by atomic mass is 10.2. The van der Waals surface area contributed by atoms with Gasteiger partial charge in [-0.15, -0.1) is 22.7 Å². The van der Waals surface area contributed by atoms with Gasteiger partial charge in [0.2, 0.25) is 4.80 Å². The summed E-state index contributed by atoms with van der Waals surface area (Å²) in [5.74, 6) is 0.793. The zero-order valence-corrected chi connectivity index (χ0v) is 14.9. The largest absolute Gasteiger partial charge is 0.454 e. The monoisotopic (exact) mass is 353 g/mol. The number of benzene rings is 1. The van der Waals surface area contributed by atoms with Gasteiger partial charge in [-0.25, -0.2) is 4.68 Å². The van der Waals surface area contributed by atoms with Crippen molar-refractivity contribution in [2.45, 2.75) is 6.92 Å². The smallest absolute Gasteiger partial charge is 0.206 e. The van der Waals surface area contributed by atoms with Crippen LogP contribution in [0.15, 0.2) is 62.4 Å². The predicted molar refractivity (Wildman–Crippen MR) is 101 cm³/mol. The molecule has 3 heterocycles. The van der Waals surface area contributed by atoms with Crippen LogP contribution in [0.3, 0.4) is 0 Å². The molecule has 0 fully saturated rings. The first-order chi connectivity index (χ1) is 11.7. The van der Waals surface area contributed by atoms with E-state index < -0.39 is 0 Å². The third-order valence-electron chi connectivity index (χ3n) is 3.62. The molecule has 0 bridgehead atoms. The molecule has 120 valence electrons. The van der Waals surface area contributed by atoms with Crippen molar-refractivity contribution < 1.29 is 4.42 Å². The summed E-state index contributed by atoms with van der Waals surface area (Å²) in [6.07, 6.45) is 1.87. The lowest BCUT2D eigenvalue weighted by Crippen LogP contribution is -2.11. The van der Waals surface area contributed by atoms with Gasteiger partial charge in [0, 0.05) is 27.6 Å². The normalized spacial score (nSPS) is 12.7. The first kappa shape index (κ1) is 15.1. The molecule has 6 heteroatoms. The second kappa shape index (κ2) is 6.22. The van der Waals surface area contributed by atoms with Gasteiger partial charge in [-0.3, -0.25) is 4.99 Å². The molecule has 0 spiro atoms. The Hall–Kier alpha value is -2.44. The molecule has 4 aromatic rings. The third kappa shape index (κ3) is 2.74. The van der Waals surface area contributed by atoms with Gasteiger partial charge in [-0.1, -0.05) is 18.2 Å². The molecule has 0 N–H and O–H groups in total. The van der Waals surface area contributed by atoms with Crippen LogP contribution >= 0.6 is 22.7 Å². The highest BCUT2D eigenvalue weighted by atomic mass is 32.1. The second-order valence-electron chi connectivity index (χ2n) is 5.28. The molecular formula is C18H15N3OS2. The van der Waals surface area contributed by atoms with Crippen LogP contribution in [0.25, 0.3) is 22.4 Å². The molecular weight excluding hydrogens is 338 g/mol. The van der Waals surface area contributed by atoms with Crippen molar-refractivity contribution in [1.82, 2.24) is 4.68 Å². The standard InChI is InChI=1S/C18H15N3OS2/c1-12-7-8-14(24-12)10-20-21-15(11-23-18(21)19-2)17-9-13-5-3-4-6-16(13)22-17/h3-11H,1-2H3. The molecule has 3 aromatic heterocycles. The maximum Gasteiger partial charge on any atom is 0.206 e. The van der Waals surface area contributed by atoms with Crippen molar-refractivity contribution in [3.63, 3.8) is 0 Å². The minimum absolute atomic E-state index is 0.793. The lowest BCUT2D eigenvalue weighted by Gasteiger charge is -1.99. The highest BCUT2D eigenvalue weighted by Crippen LogP contribution is 2.28. The molecule has 0 aliphatic carbocycles. The summed E-state index contributed by atoms with van der Waals surface area (Å²) < 4.78 is 7.81. The topological polar surface area (TPSA) is 42.8 Å². The number of para-hydroxylation sites is 1. The summed E-state index contributed by atoms with van der Waals surface area (Å²) in [7, 11) is 1.77. The molecule has 1 aromatic carbocycles. The molecule has 0 aliphatic rings. The Morgan fingerprint density at radius 2 is 2.04 bits per heavy atom. The molecule has 0 saturated carbocycles. The minimum Gasteiger partial charge on any atom is -0.454 e. The van der Waals surface area contributed by atoms with E-state index in [2.05, 4.69) is 29.2 Å². The maximum absolute atomic E-state index is 5.98. The SMILES string of the molecule is CN=c1scc(-c2cc3ccccc3o2)n1N=Cc1ccc(C)s1. The number of aromatic nitrogens is 1. The van der Waals surface area contributed by atoms with Gasteiger partial charge in [-0.05, 0) is 31.2 Å². The number of thiophene rings is 1. The Balaban J connectivity index is 1.81. The van der Waals surface area contributed by atoms with Crippen LogP contribution in [0, 0.1) is 6.92 Å². The molecule has 4 nitrogen and oxygen atoms in total. The summed E-state index contributed by atoms with van der Waals surface area (Å²) in [4.78, 5) is 7.53. The van der Waals surface area contributed by atoms with Crippen LogP contribution in [0.2, 0.25) is 0 Å². The Morgan fingerprint density at radius 1 is 1.17 bits per heavy atom. The third-order valence-corrected chi connectivity index (χ3v) is 5.46. The zero-order chi connectivity index (χ0) is 16.5. The number of aryl methyl sites for hydroxylation is 1. The Bertz CT molecular complexity index is 1060. The molecule has 0 unspecified atom stereocenters. The van der Waals surface area contributed by atoms with Gasteiger partial charge in [0.15, 0.2) is 5.76 Å². The van der Waals surface area contributed by atoms with Crippen LogP contribution in [0.4, 0.5) is 0 Å². The fraction of sp³-hybridized carbons (Fsp3) is 0.111. The summed E-state index contributed by atoms with van der Waals surface area (Å²) >= 11 is 3.26. The quantitative estimate of drug-likeness (QED) is 0.490. The van der Waals surface area contributed by atoms with E-state index in [0.717, 1.165) is 32.1 Å². The van der Waals surface area contributed by atoms with Crippen molar-refractivity contribution in [1.29, 1.82) is 0 Å². The maximum atomic E-state index is 5.98. The van der Waals surface area contributed by atoms with Crippen molar-refractivity contribution in [3.05, 3.63) is 62.4 Å². The van der Waals surface area contributed by atoms with Gasteiger partial charge < -0.3 is 4.42 Å².